The summed E-state index contributed by atoms with van der Waals surface area (Å²) in [7, 11) is 1.86. The Morgan fingerprint density at radius 2 is 1.68 bits per heavy atom. The quantitative estimate of drug-likeness (QED) is 0.468. The molecule has 0 aromatic heterocycles. The number of carbonyl (C=O) groups is 2. The second kappa shape index (κ2) is 10.6. The van der Waals surface area contributed by atoms with Crippen LogP contribution < -0.4 is 0 Å². The van der Waals surface area contributed by atoms with Gasteiger partial charge >= 0.3 is 5.97 Å². The number of amides is 1. The lowest BCUT2D eigenvalue weighted by molar-refractivity contribution is -0.148. The van der Waals surface area contributed by atoms with Crippen molar-refractivity contribution in [3.8, 4) is 0 Å². The predicted octanol–water partition coefficient (Wildman–Crippen LogP) is 3.68. The van der Waals surface area contributed by atoms with Crippen molar-refractivity contribution in [1.29, 1.82) is 0 Å². The number of hydrogen-bond donors (Lipinski definition) is 0. The molecule has 146 valence electrons. The van der Waals surface area contributed by atoms with E-state index in [0.29, 0.717) is 13.2 Å². The zero-order valence-electron chi connectivity index (χ0n) is 17.5. The maximum Gasteiger partial charge on any atom is 0.332 e. The molecule has 0 aliphatic heterocycles. The van der Waals surface area contributed by atoms with E-state index < -0.39 is 0 Å². The molecule has 0 radical (unpaired) electrons. The summed E-state index contributed by atoms with van der Waals surface area (Å²) >= 11 is 0. The summed E-state index contributed by atoms with van der Waals surface area (Å²) in [5.74, 6) is -0.00153. The standard InChI is InChI=1S/C20H37NO4/c1-10-25-18(22)13-24-12-15(4)11-17(14(2)3)21(9)19(23)16(5)20(6,7)8/h11,14,16-17H,10,12-13H2,1-9H3/b15-11+/t16-,17-/m1/s1. The molecule has 0 aromatic carbocycles. The Morgan fingerprint density at radius 1 is 1.12 bits per heavy atom. The molecule has 0 fully saturated rings. The van der Waals surface area contributed by atoms with Crippen molar-refractivity contribution in [2.45, 2.75) is 61.4 Å². The molecule has 0 unspecified atom stereocenters. The van der Waals surface area contributed by atoms with Gasteiger partial charge in [0.15, 0.2) is 0 Å². The Hall–Kier alpha value is -1.36. The smallest absolute Gasteiger partial charge is 0.332 e. The van der Waals surface area contributed by atoms with Crippen LogP contribution in [0.15, 0.2) is 11.6 Å². The molecule has 0 spiro atoms. The van der Waals surface area contributed by atoms with Gasteiger partial charge in [0, 0.05) is 13.0 Å². The summed E-state index contributed by atoms with van der Waals surface area (Å²) in [6.07, 6.45) is 2.06. The fraction of sp³-hybridized carbons (Fsp3) is 0.800. The molecule has 0 saturated heterocycles. The van der Waals surface area contributed by atoms with E-state index in [1.807, 2.05) is 25.8 Å². The Morgan fingerprint density at radius 3 is 2.12 bits per heavy atom. The van der Waals surface area contributed by atoms with Crippen LogP contribution in [0.3, 0.4) is 0 Å². The first kappa shape index (κ1) is 23.6. The Bertz CT molecular complexity index is 463. The van der Waals surface area contributed by atoms with E-state index in [2.05, 4.69) is 40.7 Å². The van der Waals surface area contributed by atoms with Crippen molar-refractivity contribution >= 4 is 11.9 Å². The first-order valence-corrected chi connectivity index (χ1v) is 9.09. The van der Waals surface area contributed by atoms with E-state index >= 15 is 0 Å². The van der Waals surface area contributed by atoms with Gasteiger partial charge in [0.2, 0.25) is 5.91 Å². The number of ether oxygens (including phenoxy) is 2. The Labute approximate surface area is 153 Å². The fourth-order valence-corrected chi connectivity index (χ4v) is 2.41. The van der Waals surface area contributed by atoms with E-state index in [4.69, 9.17) is 9.47 Å². The molecule has 0 aliphatic carbocycles. The van der Waals surface area contributed by atoms with Gasteiger partial charge in [-0.25, -0.2) is 4.79 Å². The minimum atomic E-state index is -0.359. The SMILES string of the molecule is CCOC(=O)COC/C(C)=C/[C@H](C(C)C)N(C)C(=O)[C@@H](C)C(C)(C)C. The van der Waals surface area contributed by atoms with E-state index in [1.165, 1.54) is 0 Å². The average molecular weight is 356 g/mol. The minimum absolute atomic E-state index is 0.0107. The lowest BCUT2D eigenvalue weighted by atomic mass is 9.81. The summed E-state index contributed by atoms with van der Waals surface area (Å²) in [6.45, 7) is 16.8. The van der Waals surface area contributed by atoms with E-state index in [9.17, 15) is 9.59 Å². The van der Waals surface area contributed by atoms with Gasteiger partial charge in [-0.15, -0.1) is 0 Å². The third kappa shape index (κ3) is 8.52. The number of likely N-dealkylation sites (N-methyl/N-ethyl adjacent to an activating group) is 1. The number of nitrogens with zero attached hydrogens (tertiary/aromatic N) is 1. The number of esters is 1. The van der Waals surface area contributed by atoms with Crippen LogP contribution in [0.5, 0.6) is 0 Å². The van der Waals surface area contributed by atoms with Crippen molar-refractivity contribution in [3.05, 3.63) is 11.6 Å². The molecule has 5 heteroatoms. The molecule has 5 nitrogen and oxygen atoms in total. The van der Waals surface area contributed by atoms with Crippen LogP contribution in [0, 0.1) is 17.3 Å². The molecule has 0 heterocycles. The lowest BCUT2D eigenvalue weighted by Crippen LogP contribution is -2.45. The van der Waals surface area contributed by atoms with E-state index in [0.717, 1.165) is 5.57 Å². The van der Waals surface area contributed by atoms with Crippen molar-refractivity contribution in [3.63, 3.8) is 0 Å². The lowest BCUT2D eigenvalue weighted by Gasteiger charge is -2.35. The van der Waals surface area contributed by atoms with Gasteiger partial charge in [-0.1, -0.05) is 47.6 Å². The van der Waals surface area contributed by atoms with Crippen molar-refractivity contribution in [2.75, 3.05) is 26.9 Å². The highest BCUT2D eigenvalue weighted by Gasteiger charge is 2.32. The maximum absolute atomic E-state index is 12.8. The predicted molar refractivity (Wildman–Crippen MR) is 101 cm³/mol. The molecule has 0 aliphatic rings. The maximum atomic E-state index is 12.8. The third-order valence-electron chi connectivity index (χ3n) is 4.46. The first-order valence-electron chi connectivity index (χ1n) is 9.09. The molecular formula is C20H37NO4. The van der Waals surface area contributed by atoms with Gasteiger partial charge in [0.1, 0.15) is 6.61 Å². The van der Waals surface area contributed by atoms with Gasteiger partial charge in [0.25, 0.3) is 0 Å². The highest BCUT2D eigenvalue weighted by atomic mass is 16.6. The van der Waals surface area contributed by atoms with E-state index in [-0.39, 0.29) is 41.8 Å². The molecule has 0 N–H and O–H groups in total. The second-order valence-electron chi connectivity index (χ2n) is 8.08. The Balaban J connectivity index is 4.92. The van der Waals surface area contributed by atoms with Gasteiger partial charge in [0.05, 0.1) is 19.3 Å². The molecule has 1 amide bonds. The summed E-state index contributed by atoms with van der Waals surface area (Å²) < 4.78 is 10.2. The molecule has 0 saturated carbocycles. The highest BCUT2D eigenvalue weighted by Crippen LogP contribution is 2.28. The van der Waals surface area contributed by atoms with Gasteiger partial charge < -0.3 is 14.4 Å². The van der Waals surface area contributed by atoms with Crippen LogP contribution >= 0.6 is 0 Å². The molecule has 2 atom stereocenters. The molecule has 0 bridgehead atoms. The van der Waals surface area contributed by atoms with Gasteiger partial charge in [-0.05, 0) is 30.8 Å². The normalized spacial score (nSPS) is 15.0. The number of hydrogen-bond acceptors (Lipinski definition) is 4. The van der Waals surface area contributed by atoms with E-state index in [1.54, 1.807) is 6.92 Å². The summed E-state index contributed by atoms with van der Waals surface area (Å²) in [5, 5.41) is 0. The highest BCUT2D eigenvalue weighted by molar-refractivity contribution is 5.79. The largest absolute Gasteiger partial charge is 0.464 e. The van der Waals surface area contributed by atoms with Crippen LogP contribution in [-0.4, -0.2) is 49.7 Å². The van der Waals surface area contributed by atoms with Crippen LogP contribution in [0.2, 0.25) is 0 Å². The summed E-state index contributed by atoms with van der Waals surface area (Å²) in [5.41, 5.74) is 0.917. The number of carbonyl (C=O) groups excluding carboxylic acids is 2. The molecular weight excluding hydrogens is 318 g/mol. The molecule has 25 heavy (non-hydrogen) atoms. The Kier molecular flexibility index (Phi) is 10.0. The van der Waals surface area contributed by atoms with Crippen molar-refractivity contribution in [1.82, 2.24) is 4.90 Å². The topological polar surface area (TPSA) is 55.8 Å². The fourth-order valence-electron chi connectivity index (χ4n) is 2.41. The van der Waals surface area contributed by atoms with Crippen LogP contribution in [0.25, 0.3) is 0 Å². The zero-order chi connectivity index (χ0) is 19.8. The van der Waals surface area contributed by atoms with Crippen LogP contribution in [0.4, 0.5) is 0 Å². The van der Waals surface area contributed by atoms with Gasteiger partial charge in [-0.2, -0.15) is 0 Å². The monoisotopic (exact) mass is 355 g/mol. The zero-order valence-corrected chi connectivity index (χ0v) is 17.5. The van der Waals surface area contributed by atoms with Gasteiger partial charge in [-0.3, -0.25) is 4.79 Å². The number of rotatable bonds is 9. The van der Waals surface area contributed by atoms with Crippen LogP contribution in [0.1, 0.15) is 55.4 Å². The molecule has 0 rings (SSSR count). The van der Waals surface area contributed by atoms with Crippen LogP contribution in [-0.2, 0) is 19.1 Å². The average Bonchev–Trinajstić information content (AvgIpc) is 2.49. The van der Waals surface area contributed by atoms with Crippen molar-refractivity contribution in [2.24, 2.45) is 17.3 Å². The third-order valence-corrected chi connectivity index (χ3v) is 4.46. The minimum Gasteiger partial charge on any atom is -0.464 e. The summed E-state index contributed by atoms with van der Waals surface area (Å²) in [6, 6.07) is -0.0107. The molecule has 0 aromatic rings. The second-order valence-corrected chi connectivity index (χ2v) is 8.08. The first-order chi connectivity index (χ1) is 11.4. The van der Waals surface area contributed by atoms with Crippen molar-refractivity contribution < 1.29 is 19.1 Å². The summed E-state index contributed by atoms with van der Waals surface area (Å²) in [4.78, 5) is 25.9.